The molecule has 0 aliphatic carbocycles. The standard InChI is InChI=1S/C6H7NOS/c1-8-5-3-2-4-6(9)7-5/h2-3H,4H2,1H3. The molecule has 0 N–H and O–H groups in total. The smallest absolute Gasteiger partial charge is 0.213 e. The maximum atomic E-state index is 4.84. The van der Waals surface area contributed by atoms with E-state index in [1.807, 2.05) is 12.2 Å². The first-order chi connectivity index (χ1) is 4.33. The lowest BCUT2D eigenvalue weighted by atomic mass is 10.3. The minimum atomic E-state index is 0.603. The van der Waals surface area contributed by atoms with Crippen molar-refractivity contribution in [1.82, 2.24) is 0 Å². The summed E-state index contributed by atoms with van der Waals surface area (Å²) in [7, 11) is 1.58. The van der Waals surface area contributed by atoms with E-state index in [4.69, 9.17) is 17.0 Å². The lowest BCUT2D eigenvalue weighted by Crippen LogP contribution is -2.04. The van der Waals surface area contributed by atoms with E-state index in [0.717, 1.165) is 6.42 Å². The molecule has 1 aliphatic rings. The van der Waals surface area contributed by atoms with Crippen LogP contribution in [-0.2, 0) is 4.74 Å². The molecule has 0 radical (unpaired) electrons. The Morgan fingerprint density at radius 3 is 3.00 bits per heavy atom. The van der Waals surface area contributed by atoms with Gasteiger partial charge >= 0.3 is 0 Å². The highest BCUT2D eigenvalue weighted by Crippen LogP contribution is 2.00. The van der Waals surface area contributed by atoms with Crippen LogP contribution in [0.15, 0.2) is 17.1 Å². The number of nitrogens with zero attached hydrogens (tertiary/aromatic N) is 1. The summed E-state index contributed by atoms with van der Waals surface area (Å²) in [6.07, 6.45) is 4.52. The second kappa shape index (κ2) is 2.73. The molecule has 0 aromatic heterocycles. The number of ether oxygens (including phenoxy) is 1. The van der Waals surface area contributed by atoms with E-state index in [0.29, 0.717) is 10.9 Å². The Balaban J connectivity index is 2.70. The van der Waals surface area contributed by atoms with E-state index in [2.05, 4.69) is 4.99 Å². The van der Waals surface area contributed by atoms with Gasteiger partial charge in [0.05, 0.1) is 7.11 Å². The van der Waals surface area contributed by atoms with Crippen LogP contribution >= 0.6 is 12.2 Å². The van der Waals surface area contributed by atoms with Crippen LogP contribution in [0, 0.1) is 0 Å². The van der Waals surface area contributed by atoms with Crippen molar-refractivity contribution in [2.45, 2.75) is 6.42 Å². The highest BCUT2D eigenvalue weighted by atomic mass is 32.1. The summed E-state index contributed by atoms with van der Waals surface area (Å²) < 4.78 is 4.84. The van der Waals surface area contributed by atoms with Gasteiger partial charge < -0.3 is 4.74 Å². The van der Waals surface area contributed by atoms with E-state index in [1.54, 1.807) is 7.11 Å². The van der Waals surface area contributed by atoms with Crippen LogP contribution in [0.2, 0.25) is 0 Å². The van der Waals surface area contributed by atoms with Gasteiger partial charge in [-0.05, 0) is 6.08 Å². The summed E-state index contributed by atoms with van der Waals surface area (Å²) in [6.45, 7) is 0. The van der Waals surface area contributed by atoms with Gasteiger partial charge in [0, 0.05) is 6.42 Å². The minimum absolute atomic E-state index is 0.603. The van der Waals surface area contributed by atoms with Crippen molar-refractivity contribution >= 4 is 23.1 Å². The van der Waals surface area contributed by atoms with Gasteiger partial charge in [-0.2, -0.15) is 0 Å². The highest BCUT2D eigenvalue weighted by molar-refractivity contribution is 7.80. The van der Waals surface area contributed by atoms with Crippen molar-refractivity contribution in [3.05, 3.63) is 12.2 Å². The molecule has 0 amide bonds. The maximum Gasteiger partial charge on any atom is 0.213 e. The number of dihydropyridines is 1. The average molecular weight is 141 g/mol. The van der Waals surface area contributed by atoms with E-state index < -0.39 is 0 Å². The van der Waals surface area contributed by atoms with E-state index in [-0.39, 0.29) is 0 Å². The summed E-state index contributed by atoms with van der Waals surface area (Å²) >= 11 is 4.83. The molecule has 1 aliphatic heterocycles. The first-order valence-electron chi connectivity index (χ1n) is 2.65. The molecule has 48 valence electrons. The van der Waals surface area contributed by atoms with Crippen LogP contribution in [0.4, 0.5) is 0 Å². The molecule has 0 aromatic rings. The summed E-state index contributed by atoms with van der Waals surface area (Å²) in [5.41, 5.74) is 0. The molecule has 1 rings (SSSR count). The van der Waals surface area contributed by atoms with Gasteiger partial charge in [0.25, 0.3) is 0 Å². The van der Waals surface area contributed by atoms with Crippen molar-refractivity contribution in [2.24, 2.45) is 4.99 Å². The van der Waals surface area contributed by atoms with E-state index in [9.17, 15) is 0 Å². The van der Waals surface area contributed by atoms with Gasteiger partial charge in [0.15, 0.2) is 0 Å². The molecule has 0 aromatic carbocycles. The number of hydrogen-bond acceptors (Lipinski definition) is 2. The molecule has 0 atom stereocenters. The van der Waals surface area contributed by atoms with Crippen molar-refractivity contribution in [1.29, 1.82) is 0 Å². The zero-order valence-electron chi connectivity index (χ0n) is 5.13. The summed E-state index contributed by atoms with van der Waals surface area (Å²) in [5.74, 6) is 0.603. The first-order valence-corrected chi connectivity index (χ1v) is 3.06. The average Bonchev–Trinajstić information content (AvgIpc) is 1.88. The SMILES string of the molecule is COC1=NC(=S)CC=C1. The predicted octanol–water partition coefficient (Wildman–Crippen LogP) is 1.32. The summed E-state index contributed by atoms with van der Waals surface area (Å²) in [5, 5.41) is 0. The molecule has 0 saturated heterocycles. The summed E-state index contributed by atoms with van der Waals surface area (Å²) in [4.78, 5) is 4.63. The van der Waals surface area contributed by atoms with Crippen LogP contribution in [0.5, 0.6) is 0 Å². The molecule has 0 bridgehead atoms. The van der Waals surface area contributed by atoms with Gasteiger partial charge in [-0.15, -0.1) is 0 Å². The Morgan fingerprint density at radius 2 is 2.56 bits per heavy atom. The first kappa shape index (κ1) is 6.42. The Bertz CT molecular complexity index is 183. The summed E-state index contributed by atoms with van der Waals surface area (Å²) in [6, 6.07) is 0. The second-order valence-corrected chi connectivity index (χ2v) is 2.13. The lowest BCUT2D eigenvalue weighted by Gasteiger charge is -2.02. The fourth-order valence-electron chi connectivity index (χ4n) is 0.580. The molecular weight excluding hydrogens is 134 g/mol. The van der Waals surface area contributed by atoms with Crippen LogP contribution in [0.3, 0.4) is 0 Å². The fourth-order valence-corrected chi connectivity index (χ4v) is 0.766. The maximum absolute atomic E-state index is 4.84. The van der Waals surface area contributed by atoms with Crippen molar-refractivity contribution in [2.75, 3.05) is 7.11 Å². The Morgan fingerprint density at radius 1 is 1.78 bits per heavy atom. The molecule has 0 fully saturated rings. The quantitative estimate of drug-likeness (QED) is 0.474. The molecule has 0 saturated carbocycles. The Hall–Kier alpha value is -0.700. The number of thiocarbonyl (C=S) groups is 1. The number of aliphatic imine (C=N–C) groups is 1. The number of hydrogen-bond donors (Lipinski definition) is 0. The third-order valence-corrected chi connectivity index (χ3v) is 1.25. The topological polar surface area (TPSA) is 21.6 Å². The Kier molecular flexibility index (Phi) is 1.95. The molecule has 3 heteroatoms. The van der Waals surface area contributed by atoms with Crippen LogP contribution in [0.1, 0.15) is 6.42 Å². The third-order valence-electron chi connectivity index (χ3n) is 0.997. The molecule has 1 heterocycles. The number of methoxy groups -OCH3 is 1. The minimum Gasteiger partial charge on any atom is -0.481 e. The zero-order valence-corrected chi connectivity index (χ0v) is 5.94. The second-order valence-electron chi connectivity index (χ2n) is 1.65. The Labute approximate surface area is 59.2 Å². The van der Waals surface area contributed by atoms with Crippen LogP contribution in [-0.4, -0.2) is 18.0 Å². The van der Waals surface area contributed by atoms with E-state index >= 15 is 0 Å². The molecular formula is C6H7NOS. The van der Waals surface area contributed by atoms with Crippen LogP contribution < -0.4 is 0 Å². The van der Waals surface area contributed by atoms with Gasteiger partial charge in [-0.1, -0.05) is 18.3 Å². The lowest BCUT2D eigenvalue weighted by molar-refractivity contribution is 0.407. The predicted molar refractivity (Wildman–Crippen MR) is 40.8 cm³/mol. The normalized spacial score (nSPS) is 17.4. The largest absolute Gasteiger partial charge is 0.481 e. The van der Waals surface area contributed by atoms with Crippen molar-refractivity contribution in [3.8, 4) is 0 Å². The molecule has 2 nitrogen and oxygen atoms in total. The molecule has 0 unspecified atom stereocenters. The van der Waals surface area contributed by atoms with Gasteiger partial charge in [-0.3, -0.25) is 0 Å². The number of rotatable bonds is 0. The van der Waals surface area contributed by atoms with Gasteiger partial charge in [0.1, 0.15) is 4.99 Å². The van der Waals surface area contributed by atoms with Crippen LogP contribution in [0.25, 0.3) is 0 Å². The van der Waals surface area contributed by atoms with Gasteiger partial charge in [0.2, 0.25) is 5.90 Å². The fraction of sp³-hybridized carbons (Fsp3) is 0.333. The van der Waals surface area contributed by atoms with Crippen molar-refractivity contribution < 1.29 is 4.74 Å². The third kappa shape index (κ3) is 1.61. The van der Waals surface area contributed by atoms with Crippen molar-refractivity contribution in [3.63, 3.8) is 0 Å². The monoisotopic (exact) mass is 141 g/mol. The van der Waals surface area contributed by atoms with E-state index in [1.165, 1.54) is 0 Å². The highest BCUT2D eigenvalue weighted by Gasteiger charge is 2.00. The zero-order chi connectivity index (χ0) is 6.69. The molecule has 0 spiro atoms. The molecule has 9 heavy (non-hydrogen) atoms. The van der Waals surface area contributed by atoms with Gasteiger partial charge in [-0.25, -0.2) is 4.99 Å².